The van der Waals surface area contributed by atoms with Crippen LogP contribution in [-0.4, -0.2) is 132 Å². The molecule has 1 aliphatic carbocycles. The van der Waals surface area contributed by atoms with Crippen molar-refractivity contribution in [3.63, 3.8) is 0 Å². The lowest BCUT2D eigenvalue weighted by atomic mass is 10.0. The summed E-state index contributed by atoms with van der Waals surface area (Å²) in [4.78, 5) is 81.5. The Labute approximate surface area is 853 Å². The van der Waals surface area contributed by atoms with Gasteiger partial charge in [-0.15, -0.1) is 0 Å². The van der Waals surface area contributed by atoms with Crippen molar-refractivity contribution in [2.75, 3.05) is 121 Å². The number of aliphatic hydroxyl groups excluding tert-OH is 1. The van der Waals surface area contributed by atoms with Gasteiger partial charge in [-0.3, -0.25) is 29.4 Å². The number of anilines is 6. The van der Waals surface area contributed by atoms with E-state index in [-0.39, 0.29) is 49.4 Å². The number of aryl methyl sites for hydroxylation is 15. The lowest BCUT2D eigenvalue weighted by Gasteiger charge is -2.23. The van der Waals surface area contributed by atoms with Crippen LogP contribution in [0.3, 0.4) is 0 Å². The van der Waals surface area contributed by atoms with Crippen molar-refractivity contribution >= 4 is 70.3 Å². The van der Waals surface area contributed by atoms with Crippen LogP contribution in [0.25, 0.3) is 0 Å². The highest BCUT2D eigenvalue weighted by Gasteiger charge is 2.30. The topological polar surface area (TPSA) is 279 Å². The van der Waals surface area contributed by atoms with Crippen LogP contribution in [0.1, 0.15) is 161 Å². The highest BCUT2D eigenvalue weighted by Crippen LogP contribution is 2.45. The van der Waals surface area contributed by atoms with E-state index in [9.17, 15) is 33.9 Å². The molecule has 26 nitrogen and oxygen atoms in total. The van der Waals surface area contributed by atoms with Gasteiger partial charge in [0, 0.05) is 112 Å². The van der Waals surface area contributed by atoms with Crippen molar-refractivity contribution in [3.8, 4) is 40.2 Å². The van der Waals surface area contributed by atoms with Gasteiger partial charge in [-0.05, 0) is 269 Å². The Morgan fingerprint density at radius 1 is 0.264 bits per heavy atom. The van der Waals surface area contributed by atoms with E-state index in [1.165, 1.54) is 62.2 Å². The number of amides is 12. The summed E-state index contributed by atoms with van der Waals surface area (Å²) < 4.78 is 41.9. The fourth-order valence-electron chi connectivity index (χ4n) is 16.5. The van der Waals surface area contributed by atoms with Crippen LogP contribution in [0.4, 0.5) is 62.9 Å². The number of ether oxygens (including phenoxy) is 7. The predicted octanol–water partition coefficient (Wildman–Crippen LogP) is 23.9. The molecule has 12 aromatic carbocycles. The van der Waals surface area contributed by atoms with E-state index in [0.29, 0.717) is 51.2 Å². The average Bonchev–Trinajstić information content (AvgIpc) is 1.70. The second-order valence-electron chi connectivity index (χ2n) is 35.8. The number of nitrogens with zero attached hydrogens (tertiary/aromatic N) is 6. The van der Waals surface area contributed by atoms with Crippen LogP contribution < -0.4 is 94.5 Å². The number of aliphatic hydroxyl groups is 1. The van der Waals surface area contributed by atoms with Crippen LogP contribution in [0, 0.1) is 96.9 Å². The number of carbonyl (C=O) groups excluding carboxylic acids is 6. The SMILES string of the molecule is CCOc1cccc(N(C)C(=O)NC)c1COc1ccc(C)cc1C.CCc1cccc(N(C)C(=O)NC)c1COc1ccc(C)cc1C.CNC(=O)N(C)c1cccc(C)c1COc1ccc(C)cc1C.CNC(=O)N(C)c1cccc(C)c1COc1ccc(C)cc1C.CNC(=O)N(C)c1cccc(C2CC2)c1COc1ccc(C)cc1C.CNC(=O)N(C)c1cccc(CO)c1COc1ccc(C)cc1C. The number of benzene rings is 12. The molecule has 12 amide bonds. The molecular weight excluding hydrogens is 1810 g/mol. The Hall–Kier alpha value is -15.2. The number of hydrogen-bond donors (Lipinski definition) is 7. The van der Waals surface area contributed by atoms with Crippen LogP contribution >= 0.6 is 0 Å². The molecule has 0 heterocycles. The average molecular weight is 1960 g/mol. The third-order valence-electron chi connectivity index (χ3n) is 24.9. The van der Waals surface area contributed by atoms with E-state index in [1.54, 1.807) is 109 Å². The maximum atomic E-state index is 12.1. The van der Waals surface area contributed by atoms with Crippen molar-refractivity contribution in [1.82, 2.24) is 31.9 Å². The Kier molecular flexibility index (Phi) is 44.3. The Balaban J connectivity index is 0.000000211. The molecule has 0 bridgehead atoms. The molecule has 7 N–H and O–H groups in total. The van der Waals surface area contributed by atoms with E-state index >= 15 is 0 Å². The number of rotatable bonds is 29. The molecule has 12 aromatic rings. The lowest BCUT2D eigenvalue weighted by Crippen LogP contribution is -2.35. The molecule has 13 rings (SSSR count). The second-order valence-corrected chi connectivity index (χ2v) is 35.8. The van der Waals surface area contributed by atoms with Crippen LogP contribution in [-0.2, 0) is 52.7 Å². The summed E-state index contributed by atoms with van der Waals surface area (Å²) in [5.74, 6) is 6.44. The normalized spacial score (nSPS) is 10.9. The first kappa shape index (κ1) is 114. The quantitative estimate of drug-likeness (QED) is 0.0230. The highest BCUT2D eigenvalue weighted by atomic mass is 16.5. The molecule has 0 spiro atoms. The zero-order chi connectivity index (χ0) is 106. The fraction of sp³-hybridized carbons (Fsp3) is 0.339. The van der Waals surface area contributed by atoms with Crippen LogP contribution in [0.15, 0.2) is 218 Å². The number of nitrogens with one attached hydrogen (secondary N) is 6. The van der Waals surface area contributed by atoms with E-state index in [1.807, 2.05) is 226 Å². The molecule has 1 saturated carbocycles. The second kappa shape index (κ2) is 55.9. The first-order valence-corrected chi connectivity index (χ1v) is 48.6. The highest BCUT2D eigenvalue weighted by molar-refractivity contribution is 5.96. The van der Waals surface area contributed by atoms with Crippen molar-refractivity contribution in [2.24, 2.45) is 0 Å². The third-order valence-corrected chi connectivity index (χ3v) is 24.9. The monoisotopic (exact) mass is 1960 g/mol. The minimum atomic E-state index is -0.224. The number of hydrogen-bond acceptors (Lipinski definition) is 14. The first-order valence-electron chi connectivity index (χ1n) is 48.6. The van der Waals surface area contributed by atoms with Gasteiger partial charge in [0.2, 0.25) is 0 Å². The third kappa shape index (κ3) is 31.9. The summed E-state index contributed by atoms with van der Waals surface area (Å²) in [6.07, 6.45) is 3.31. The van der Waals surface area contributed by atoms with E-state index in [2.05, 4.69) is 135 Å². The molecule has 0 aromatic heterocycles. The minimum Gasteiger partial charge on any atom is -0.493 e. The smallest absolute Gasteiger partial charge is 0.321 e. The van der Waals surface area contributed by atoms with Crippen LogP contribution in [0.5, 0.6) is 40.2 Å². The van der Waals surface area contributed by atoms with Crippen molar-refractivity contribution < 1.29 is 67.0 Å². The van der Waals surface area contributed by atoms with Gasteiger partial charge in [0.15, 0.2) is 0 Å². The summed E-state index contributed by atoms with van der Waals surface area (Å²) in [5, 5.41) is 25.5. The zero-order valence-electron chi connectivity index (χ0n) is 89.6. The Morgan fingerprint density at radius 3 is 0.757 bits per heavy atom. The largest absolute Gasteiger partial charge is 0.493 e. The summed E-state index contributed by atoms with van der Waals surface area (Å²) in [5.41, 5.74) is 30.1. The zero-order valence-corrected chi connectivity index (χ0v) is 89.6. The van der Waals surface area contributed by atoms with Gasteiger partial charge >= 0.3 is 36.2 Å². The molecule has 0 radical (unpaired) electrons. The fourth-order valence-corrected chi connectivity index (χ4v) is 16.5. The van der Waals surface area contributed by atoms with Gasteiger partial charge < -0.3 is 70.2 Å². The number of carbonyl (C=O) groups is 6. The maximum absolute atomic E-state index is 12.1. The van der Waals surface area contributed by atoms with Crippen molar-refractivity contribution in [2.45, 2.75) is 182 Å². The van der Waals surface area contributed by atoms with Crippen molar-refractivity contribution in [1.29, 1.82) is 0 Å². The maximum Gasteiger partial charge on any atom is 0.321 e. The van der Waals surface area contributed by atoms with Gasteiger partial charge in [0.25, 0.3) is 0 Å². The number of urea groups is 6. The summed E-state index contributed by atoms with van der Waals surface area (Å²) in [6, 6.07) is 70.9. The predicted molar refractivity (Wildman–Crippen MR) is 585 cm³/mol. The molecule has 0 aliphatic heterocycles. The molecule has 0 unspecified atom stereocenters. The molecule has 766 valence electrons. The molecule has 0 saturated heterocycles. The van der Waals surface area contributed by atoms with Gasteiger partial charge in [0.1, 0.15) is 79.9 Å². The standard InChI is InChI=1S/C21H26N2O2.C20H26N2O3.C20H26N2O2.C19H24N2O3.2C19H24N2O2/c1-14-8-11-20(15(2)12-14)25-13-18-17(16-9-10-16)6-5-7-19(18)23(4)21(24)22-3;1-6-24-19-9-7-8-17(22(5)20(23)21-4)16(19)13-25-18-11-10-14(2)12-15(18)3;1-6-16-8-7-9-18(22(5)20(23)21-4)17(16)13-24-19-11-10-14(2)12-15(19)3;1-13-8-9-18(14(2)10-13)24-12-16-15(11-22)6-5-7-17(16)21(4)19(23)20-3;2*1-13-9-10-18(15(3)11-13)23-12-16-14(2)7-6-8-17(16)21(5)19(22)20-4/h5-8,11-12,16H,9-10,13H2,1-4H3,(H,22,24);7-12H,6,13H2,1-5H3,(H,21,23);7-12H,6,13H2,1-5H3,(H,21,23);5-10,22H,11-12H2,1-4H3,(H,20,23);2*6-11H,12H2,1-5H3,(H,20,22). The van der Waals surface area contributed by atoms with Crippen LogP contribution in [0.2, 0.25) is 0 Å². The summed E-state index contributed by atoms with van der Waals surface area (Å²) in [6.45, 7) is 35.5. The summed E-state index contributed by atoms with van der Waals surface area (Å²) >= 11 is 0. The van der Waals surface area contributed by atoms with Gasteiger partial charge in [-0.2, -0.15) is 0 Å². The molecule has 1 aliphatic rings. The lowest BCUT2D eigenvalue weighted by molar-refractivity contribution is 0.248. The molecule has 0 atom stereocenters. The molecular formula is C118H150N12O14. The van der Waals surface area contributed by atoms with Gasteiger partial charge in [-0.25, -0.2) is 28.8 Å². The Bertz CT molecular complexity index is 6110. The van der Waals surface area contributed by atoms with E-state index < -0.39 is 0 Å². The minimum absolute atomic E-state index is 0.110. The van der Waals surface area contributed by atoms with Crippen molar-refractivity contribution in [3.05, 3.63) is 346 Å². The summed E-state index contributed by atoms with van der Waals surface area (Å²) in [7, 11) is 20.2. The Morgan fingerprint density at radius 2 is 0.493 bits per heavy atom. The first-order chi connectivity index (χ1) is 68.8. The van der Waals surface area contributed by atoms with E-state index in [4.69, 9.17) is 33.2 Å². The molecule has 26 heteroatoms. The van der Waals surface area contributed by atoms with Gasteiger partial charge in [0.05, 0.1) is 52.9 Å². The van der Waals surface area contributed by atoms with E-state index in [0.717, 1.165) is 159 Å². The molecule has 1 fully saturated rings. The van der Waals surface area contributed by atoms with Gasteiger partial charge in [-0.1, -0.05) is 180 Å². The molecule has 144 heavy (non-hydrogen) atoms.